The van der Waals surface area contributed by atoms with Crippen LogP contribution in [0.25, 0.3) is 11.0 Å². The predicted molar refractivity (Wildman–Crippen MR) is 47.8 cm³/mol. The first-order valence-corrected chi connectivity index (χ1v) is 3.99. The fourth-order valence-corrected chi connectivity index (χ4v) is 1.22. The lowest BCUT2D eigenvalue weighted by Crippen LogP contribution is -2.08. The average Bonchev–Trinajstić information content (AvgIpc) is 2.22. The highest BCUT2D eigenvalue weighted by Crippen LogP contribution is 2.15. The van der Waals surface area contributed by atoms with Crippen LogP contribution in [0.1, 0.15) is 10.4 Å². The van der Waals surface area contributed by atoms with Crippen LogP contribution in [0.15, 0.2) is 27.6 Å². The number of hydrogen-bond donors (Lipinski definition) is 0. The molecule has 0 aliphatic rings. The van der Waals surface area contributed by atoms with Crippen LogP contribution < -0.4 is 5.43 Å². The molecular formula is C10H4F2O3. The van der Waals surface area contributed by atoms with Crippen LogP contribution in [0.4, 0.5) is 8.78 Å². The van der Waals surface area contributed by atoms with Gasteiger partial charge < -0.3 is 4.42 Å². The minimum atomic E-state index is -1.15. The normalized spacial score (nSPS) is 10.5. The molecule has 3 nitrogen and oxygen atoms in total. The molecule has 2 aromatic rings. The van der Waals surface area contributed by atoms with Gasteiger partial charge in [0.15, 0.2) is 17.9 Å². The highest BCUT2D eigenvalue weighted by molar-refractivity contribution is 5.84. The number of rotatable bonds is 1. The number of aldehydes is 1. The van der Waals surface area contributed by atoms with Crippen molar-refractivity contribution in [3.05, 3.63) is 45.8 Å². The van der Waals surface area contributed by atoms with Gasteiger partial charge in [0.05, 0.1) is 10.9 Å². The summed E-state index contributed by atoms with van der Waals surface area (Å²) < 4.78 is 30.4. The smallest absolute Gasteiger partial charge is 0.203 e. The quantitative estimate of drug-likeness (QED) is 0.675. The van der Waals surface area contributed by atoms with Crippen molar-refractivity contribution in [2.24, 2.45) is 0 Å². The maximum atomic E-state index is 12.8. The Morgan fingerprint density at radius 1 is 1.20 bits per heavy atom. The zero-order valence-corrected chi connectivity index (χ0v) is 7.29. The Labute approximate surface area is 81.9 Å². The summed E-state index contributed by atoms with van der Waals surface area (Å²) in [5, 5.41) is -0.154. The summed E-state index contributed by atoms with van der Waals surface area (Å²) in [6, 6.07) is 1.48. The van der Waals surface area contributed by atoms with Crippen LogP contribution in [0.3, 0.4) is 0 Å². The monoisotopic (exact) mass is 210 g/mol. The third-order valence-corrected chi connectivity index (χ3v) is 1.97. The summed E-state index contributed by atoms with van der Waals surface area (Å²) in [6.45, 7) is 0. The molecule has 0 radical (unpaired) electrons. The third-order valence-electron chi connectivity index (χ3n) is 1.97. The van der Waals surface area contributed by atoms with Gasteiger partial charge in [-0.05, 0) is 6.07 Å². The highest BCUT2D eigenvalue weighted by Gasteiger charge is 2.10. The fraction of sp³-hybridized carbons (Fsp3) is 0. The summed E-state index contributed by atoms with van der Waals surface area (Å²) in [5.41, 5.74) is -0.997. The van der Waals surface area contributed by atoms with Crippen molar-refractivity contribution in [2.75, 3.05) is 0 Å². The Hall–Kier alpha value is -2.04. The Balaban J connectivity index is 2.94. The molecule has 76 valence electrons. The van der Waals surface area contributed by atoms with Gasteiger partial charge in [0, 0.05) is 6.07 Å². The van der Waals surface area contributed by atoms with E-state index in [0.29, 0.717) is 12.4 Å². The molecule has 1 aromatic carbocycles. The number of hydrogen-bond acceptors (Lipinski definition) is 3. The van der Waals surface area contributed by atoms with E-state index in [1.54, 1.807) is 0 Å². The number of benzene rings is 1. The first-order chi connectivity index (χ1) is 7.13. The molecule has 1 heterocycles. The zero-order valence-electron chi connectivity index (χ0n) is 7.29. The highest BCUT2D eigenvalue weighted by atomic mass is 19.2. The van der Waals surface area contributed by atoms with Crippen LogP contribution in [0.5, 0.6) is 0 Å². The van der Waals surface area contributed by atoms with Gasteiger partial charge in [0.25, 0.3) is 0 Å². The van der Waals surface area contributed by atoms with E-state index in [2.05, 4.69) is 0 Å². The van der Waals surface area contributed by atoms with Crippen LogP contribution >= 0.6 is 0 Å². The molecular weight excluding hydrogens is 206 g/mol. The molecule has 1 aromatic heterocycles. The lowest BCUT2D eigenvalue weighted by Gasteiger charge is -1.98. The van der Waals surface area contributed by atoms with Crippen molar-refractivity contribution in [1.29, 1.82) is 0 Å². The second-order valence-electron chi connectivity index (χ2n) is 2.90. The van der Waals surface area contributed by atoms with Gasteiger partial charge >= 0.3 is 0 Å². The predicted octanol–water partition coefficient (Wildman–Crippen LogP) is 1.88. The van der Waals surface area contributed by atoms with Gasteiger partial charge in [-0.1, -0.05) is 0 Å². The molecule has 0 aliphatic carbocycles. The molecule has 0 saturated carbocycles. The van der Waals surface area contributed by atoms with Gasteiger partial charge in [-0.3, -0.25) is 9.59 Å². The van der Waals surface area contributed by atoms with Crippen LogP contribution in [-0.4, -0.2) is 6.29 Å². The summed E-state index contributed by atoms with van der Waals surface area (Å²) in [5.74, 6) is -2.26. The Morgan fingerprint density at radius 3 is 2.53 bits per heavy atom. The average molecular weight is 210 g/mol. The standard InChI is InChI=1S/C10H4F2O3/c11-7-1-6-9(2-8(7)12)15-4-5(3-13)10(6)14/h1-4H. The van der Waals surface area contributed by atoms with Gasteiger partial charge in [0.1, 0.15) is 11.8 Å². The Morgan fingerprint density at radius 2 is 1.87 bits per heavy atom. The van der Waals surface area contributed by atoms with E-state index in [0.717, 1.165) is 12.3 Å². The lowest BCUT2D eigenvalue weighted by atomic mass is 10.2. The molecule has 0 spiro atoms. The van der Waals surface area contributed by atoms with E-state index < -0.39 is 17.1 Å². The van der Waals surface area contributed by atoms with E-state index >= 15 is 0 Å². The molecule has 0 unspecified atom stereocenters. The molecule has 5 heteroatoms. The molecule has 0 fully saturated rings. The zero-order chi connectivity index (χ0) is 11.0. The van der Waals surface area contributed by atoms with E-state index in [-0.39, 0.29) is 16.5 Å². The van der Waals surface area contributed by atoms with E-state index in [9.17, 15) is 18.4 Å². The third kappa shape index (κ3) is 1.41. The van der Waals surface area contributed by atoms with Crippen molar-refractivity contribution in [2.45, 2.75) is 0 Å². The molecule has 2 rings (SSSR count). The van der Waals surface area contributed by atoms with Crippen molar-refractivity contribution >= 4 is 17.3 Å². The number of carbonyl (C=O) groups is 1. The first-order valence-electron chi connectivity index (χ1n) is 3.99. The first kappa shape index (κ1) is 9.51. The summed E-state index contributed by atoms with van der Waals surface area (Å²) in [4.78, 5) is 21.8. The lowest BCUT2D eigenvalue weighted by molar-refractivity contribution is 0.112. The SMILES string of the molecule is O=Cc1coc2cc(F)c(F)cc2c1=O. The molecule has 0 aliphatic heterocycles. The molecule has 0 saturated heterocycles. The van der Waals surface area contributed by atoms with Gasteiger partial charge in [0.2, 0.25) is 5.43 Å². The summed E-state index contributed by atoms with van der Waals surface area (Å²) in [6.07, 6.45) is 1.21. The second kappa shape index (κ2) is 3.27. The van der Waals surface area contributed by atoms with Crippen molar-refractivity contribution in [3.63, 3.8) is 0 Å². The van der Waals surface area contributed by atoms with Crippen molar-refractivity contribution in [1.82, 2.24) is 0 Å². The molecule has 15 heavy (non-hydrogen) atoms. The molecule has 0 amide bonds. The van der Waals surface area contributed by atoms with E-state index in [4.69, 9.17) is 4.42 Å². The van der Waals surface area contributed by atoms with Gasteiger partial charge in [-0.15, -0.1) is 0 Å². The van der Waals surface area contributed by atoms with Crippen LogP contribution in [0.2, 0.25) is 0 Å². The number of carbonyl (C=O) groups excluding carboxylic acids is 1. The van der Waals surface area contributed by atoms with Crippen LogP contribution in [0, 0.1) is 11.6 Å². The molecule has 0 atom stereocenters. The fourth-order valence-electron chi connectivity index (χ4n) is 1.22. The van der Waals surface area contributed by atoms with E-state index in [1.807, 2.05) is 0 Å². The Kier molecular flexibility index (Phi) is 2.07. The van der Waals surface area contributed by atoms with Crippen LogP contribution in [-0.2, 0) is 0 Å². The number of fused-ring (bicyclic) bond motifs is 1. The topological polar surface area (TPSA) is 47.3 Å². The maximum absolute atomic E-state index is 12.8. The molecule has 0 bridgehead atoms. The maximum Gasteiger partial charge on any atom is 0.203 e. The molecule has 0 N–H and O–H groups in total. The summed E-state index contributed by atoms with van der Waals surface area (Å²) in [7, 11) is 0. The van der Waals surface area contributed by atoms with Crippen molar-refractivity contribution < 1.29 is 18.0 Å². The van der Waals surface area contributed by atoms with Gasteiger partial charge in [-0.2, -0.15) is 0 Å². The van der Waals surface area contributed by atoms with Crippen molar-refractivity contribution in [3.8, 4) is 0 Å². The largest absolute Gasteiger partial charge is 0.463 e. The van der Waals surface area contributed by atoms with E-state index in [1.165, 1.54) is 0 Å². The Bertz CT molecular complexity index is 601. The number of halogens is 2. The summed E-state index contributed by atoms with van der Waals surface area (Å²) >= 11 is 0. The van der Waals surface area contributed by atoms with Gasteiger partial charge in [-0.25, -0.2) is 8.78 Å². The second-order valence-corrected chi connectivity index (χ2v) is 2.90. The minimum absolute atomic E-state index is 0.0931. The minimum Gasteiger partial charge on any atom is -0.463 e.